The molecule has 2 rings (SSSR count). The summed E-state index contributed by atoms with van der Waals surface area (Å²) in [6, 6.07) is 9.39. The average molecular weight is 360 g/mol. The van der Waals surface area contributed by atoms with Gasteiger partial charge >= 0.3 is 5.97 Å². The first-order chi connectivity index (χ1) is 12.0. The lowest BCUT2D eigenvalue weighted by Gasteiger charge is -2.13. The van der Waals surface area contributed by atoms with E-state index in [-0.39, 0.29) is 5.91 Å². The van der Waals surface area contributed by atoms with E-state index in [0.717, 1.165) is 5.56 Å². The number of carboxylic acid groups (broad SMARTS) is 1. The number of hydrogen-bond donors (Lipinski definition) is 3. The van der Waals surface area contributed by atoms with Gasteiger partial charge in [-0.3, -0.25) is 9.59 Å². The minimum absolute atomic E-state index is 0.138. The van der Waals surface area contributed by atoms with Crippen molar-refractivity contribution in [3.63, 3.8) is 0 Å². The molecule has 132 valence electrons. The van der Waals surface area contributed by atoms with Crippen molar-refractivity contribution in [1.29, 1.82) is 0 Å². The van der Waals surface area contributed by atoms with E-state index in [0.29, 0.717) is 29.8 Å². The lowest BCUT2D eigenvalue weighted by Crippen LogP contribution is -2.40. The van der Waals surface area contributed by atoms with Gasteiger partial charge in [-0.15, -0.1) is 11.3 Å². The van der Waals surface area contributed by atoms with Crippen LogP contribution in [-0.4, -0.2) is 28.9 Å². The van der Waals surface area contributed by atoms with E-state index in [4.69, 9.17) is 5.11 Å². The number of amides is 2. The zero-order valence-corrected chi connectivity index (χ0v) is 14.6. The standard InChI is InChI=1S/C18H20N2O4S/c1-2-4-14(18(23)24)20-16(21)13-8-6-12(7-9-13)11-19-17(22)15-5-3-10-25-15/h3,5-10,14H,2,4,11H2,1H3,(H,19,22)(H,20,21)(H,23,24). The van der Waals surface area contributed by atoms with Crippen LogP contribution in [0.3, 0.4) is 0 Å². The highest BCUT2D eigenvalue weighted by atomic mass is 32.1. The highest BCUT2D eigenvalue weighted by Crippen LogP contribution is 2.09. The van der Waals surface area contributed by atoms with E-state index in [9.17, 15) is 14.4 Å². The third-order valence-electron chi connectivity index (χ3n) is 3.59. The normalized spacial score (nSPS) is 11.6. The van der Waals surface area contributed by atoms with Gasteiger partial charge in [0.15, 0.2) is 0 Å². The molecule has 2 amide bonds. The smallest absolute Gasteiger partial charge is 0.326 e. The Bertz CT molecular complexity index is 726. The van der Waals surface area contributed by atoms with Crippen molar-refractivity contribution in [1.82, 2.24) is 10.6 Å². The Hall–Kier alpha value is -2.67. The first-order valence-corrected chi connectivity index (χ1v) is 8.83. The van der Waals surface area contributed by atoms with Gasteiger partial charge < -0.3 is 15.7 Å². The van der Waals surface area contributed by atoms with Gasteiger partial charge in [0.05, 0.1) is 4.88 Å². The Morgan fingerprint density at radius 1 is 1.12 bits per heavy atom. The molecular weight excluding hydrogens is 340 g/mol. The van der Waals surface area contributed by atoms with E-state index in [1.54, 1.807) is 30.3 Å². The molecular formula is C18H20N2O4S. The van der Waals surface area contributed by atoms with Crippen LogP contribution in [0.15, 0.2) is 41.8 Å². The third kappa shape index (κ3) is 5.42. The van der Waals surface area contributed by atoms with Gasteiger partial charge in [-0.05, 0) is 35.6 Å². The summed E-state index contributed by atoms with van der Waals surface area (Å²) in [5.41, 5.74) is 1.24. The van der Waals surface area contributed by atoms with Gasteiger partial charge in [0, 0.05) is 12.1 Å². The average Bonchev–Trinajstić information content (AvgIpc) is 3.14. The molecule has 25 heavy (non-hydrogen) atoms. The Balaban J connectivity index is 1.91. The van der Waals surface area contributed by atoms with Crippen molar-refractivity contribution in [3.05, 3.63) is 57.8 Å². The quantitative estimate of drug-likeness (QED) is 0.674. The highest BCUT2D eigenvalue weighted by Gasteiger charge is 2.19. The summed E-state index contributed by atoms with van der Waals surface area (Å²) in [5.74, 6) is -1.60. The van der Waals surface area contributed by atoms with Gasteiger partial charge in [-0.1, -0.05) is 31.5 Å². The third-order valence-corrected chi connectivity index (χ3v) is 4.46. The fourth-order valence-corrected chi connectivity index (χ4v) is 2.88. The maximum absolute atomic E-state index is 12.1. The lowest BCUT2D eigenvalue weighted by molar-refractivity contribution is -0.139. The summed E-state index contributed by atoms with van der Waals surface area (Å²) in [6.45, 7) is 2.22. The monoisotopic (exact) mass is 360 g/mol. The van der Waals surface area contributed by atoms with Gasteiger partial charge in [0.25, 0.3) is 11.8 Å². The van der Waals surface area contributed by atoms with Crippen molar-refractivity contribution < 1.29 is 19.5 Å². The number of carboxylic acids is 1. The second-order valence-corrected chi connectivity index (χ2v) is 6.46. The summed E-state index contributed by atoms with van der Waals surface area (Å²) in [5, 5.41) is 16.3. The number of hydrogen-bond acceptors (Lipinski definition) is 4. The summed E-state index contributed by atoms with van der Waals surface area (Å²) in [6.07, 6.45) is 1.05. The van der Waals surface area contributed by atoms with E-state index in [2.05, 4.69) is 10.6 Å². The van der Waals surface area contributed by atoms with Crippen molar-refractivity contribution >= 4 is 29.1 Å². The summed E-state index contributed by atoms with van der Waals surface area (Å²) in [4.78, 5) is 35.8. The Labute approximate surface area is 149 Å². The molecule has 1 aromatic heterocycles. The van der Waals surface area contributed by atoms with Crippen molar-refractivity contribution in [2.24, 2.45) is 0 Å². The fraction of sp³-hybridized carbons (Fsp3) is 0.278. The lowest BCUT2D eigenvalue weighted by atomic mass is 10.1. The molecule has 1 unspecified atom stereocenters. The van der Waals surface area contributed by atoms with Crippen LogP contribution in [0, 0.1) is 0 Å². The minimum atomic E-state index is -1.04. The van der Waals surface area contributed by atoms with Gasteiger partial charge in [0.2, 0.25) is 0 Å². The Morgan fingerprint density at radius 2 is 1.84 bits per heavy atom. The SMILES string of the molecule is CCCC(NC(=O)c1ccc(CNC(=O)c2cccs2)cc1)C(=O)O. The fourth-order valence-electron chi connectivity index (χ4n) is 2.24. The summed E-state index contributed by atoms with van der Waals surface area (Å²) in [7, 11) is 0. The van der Waals surface area contributed by atoms with Crippen LogP contribution in [0.1, 0.15) is 45.4 Å². The van der Waals surface area contributed by atoms with Gasteiger partial charge in [-0.25, -0.2) is 4.79 Å². The number of carbonyl (C=O) groups excluding carboxylic acids is 2. The topological polar surface area (TPSA) is 95.5 Å². The maximum atomic E-state index is 12.1. The molecule has 3 N–H and O–H groups in total. The highest BCUT2D eigenvalue weighted by molar-refractivity contribution is 7.12. The number of aliphatic carboxylic acids is 1. The predicted octanol–water partition coefficient (Wildman–Crippen LogP) is 2.66. The molecule has 1 aromatic carbocycles. The molecule has 1 heterocycles. The van der Waals surface area contributed by atoms with E-state index >= 15 is 0 Å². The number of benzene rings is 1. The van der Waals surface area contributed by atoms with Crippen molar-refractivity contribution in [3.8, 4) is 0 Å². The number of rotatable bonds is 8. The molecule has 0 aliphatic rings. The minimum Gasteiger partial charge on any atom is -0.480 e. The van der Waals surface area contributed by atoms with Crippen LogP contribution in [0.25, 0.3) is 0 Å². The molecule has 0 bridgehead atoms. The number of nitrogens with one attached hydrogen (secondary N) is 2. The van der Waals surface area contributed by atoms with Crippen LogP contribution < -0.4 is 10.6 Å². The molecule has 0 fully saturated rings. The molecule has 0 saturated heterocycles. The largest absolute Gasteiger partial charge is 0.480 e. The van der Waals surface area contributed by atoms with E-state index in [1.165, 1.54) is 11.3 Å². The van der Waals surface area contributed by atoms with Crippen LogP contribution in [0.5, 0.6) is 0 Å². The first kappa shape index (κ1) is 18.7. The maximum Gasteiger partial charge on any atom is 0.326 e. The Kier molecular flexibility index (Phi) is 6.71. The molecule has 6 nitrogen and oxygen atoms in total. The van der Waals surface area contributed by atoms with E-state index < -0.39 is 17.9 Å². The van der Waals surface area contributed by atoms with Crippen molar-refractivity contribution in [2.45, 2.75) is 32.4 Å². The predicted molar refractivity (Wildman–Crippen MR) is 95.7 cm³/mol. The zero-order valence-electron chi connectivity index (χ0n) is 13.8. The molecule has 0 aliphatic carbocycles. The van der Waals surface area contributed by atoms with Crippen LogP contribution in [0.4, 0.5) is 0 Å². The molecule has 0 spiro atoms. The van der Waals surface area contributed by atoms with Gasteiger partial charge in [-0.2, -0.15) is 0 Å². The second-order valence-electron chi connectivity index (χ2n) is 5.51. The van der Waals surface area contributed by atoms with Crippen molar-refractivity contribution in [2.75, 3.05) is 0 Å². The molecule has 0 aliphatic heterocycles. The first-order valence-electron chi connectivity index (χ1n) is 7.95. The summed E-state index contributed by atoms with van der Waals surface area (Å²) < 4.78 is 0. The molecule has 0 saturated carbocycles. The van der Waals surface area contributed by atoms with Gasteiger partial charge in [0.1, 0.15) is 6.04 Å². The number of thiophene rings is 1. The van der Waals surface area contributed by atoms with Crippen LogP contribution in [-0.2, 0) is 11.3 Å². The zero-order chi connectivity index (χ0) is 18.2. The molecule has 1 atom stereocenters. The summed E-state index contributed by atoms with van der Waals surface area (Å²) >= 11 is 1.37. The Morgan fingerprint density at radius 3 is 2.40 bits per heavy atom. The van der Waals surface area contributed by atoms with Crippen LogP contribution in [0.2, 0.25) is 0 Å². The molecule has 7 heteroatoms. The van der Waals surface area contributed by atoms with E-state index in [1.807, 2.05) is 18.4 Å². The second kappa shape index (κ2) is 8.98. The number of carbonyl (C=O) groups is 3. The van der Waals surface area contributed by atoms with Crippen LogP contribution >= 0.6 is 11.3 Å². The molecule has 0 radical (unpaired) electrons. The molecule has 2 aromatic rings.